The monoisotopic (exact) mass is 473 g/mol. The molecule has 0 spiro atoms. The summed E-state index contributed by atoms with van der Waals surface area (Å²) in [4.78, 5) is 44.4. The highest BCUT2D eigenvalue weighted by molar-refractivity contribution is 6.21. The fraction of sp³-hybridized carbons (Fsp3) is 0.320. The number of rotatable bonds is 7. The van der Waals surface area contributed by atoms with Crippen LogP contribution in [0.5, 0.6) is 0 Å². The Bertz CT molecular complexity index is 1210. The number of fused-ring (bicyclic) bond motifs is 1. The lowest BCUT2D eigenvalue weighted by Crippen LogP contribution is -2.47. The number of hydrogen-bond donors (Lipinski definition) is 2. The van der Waals surface area contributed by atoms with Gasteiger partial charge in [-0.2, -0.15) is 15.0 Å². The number of nitrogens with one attached hydrogen (secondary N) is 1. The third-order valence-electron chi connectivity index (χ3n) is 6.24. The average Bonchev–Trinajstić information content (AvgIpc) is 3.10. The number of aliphatic hydroxyl groups excluding tert-OH is 1. The van der Waals surface area contributed by atoms with Crippen molar-refractivity contribution < 1.29 is 14.7 Å². The van der Waals surface area contributed by atoms with Crippen LogP contribution >= 0.6 is 0 Å². The van der Waals surface area contributed by atoms with E-state index in [1.165, 1.54) is 4.90 Å². The lowest BCUT2D eigenvalue weighted by atomic mass is 10.1. The van der Waals surface area contributed by atoms with Gasteiger partial charge in [-0.25, -0.2) is 0 Å². The maximum atomic E-state index is 12.6. The van der Waals surface area contributed by atoms with E-state index in [0.717, 1.165) is 37.4 Å². The summed E-state index contributed by atoms with van der Waals surface area (Å²) in [6.45, 7) is 6.17. The summed E-state index contributed by atoms with van der Waals surface area (Å²) in [5.74, 6) is 1.18. The Morgan fingerprint density at radius 1 is 0.886 bits per heavy atom. The maximum absolute atomic E-state index is 12.6. The van der Waals surface area contributed by atoms with Crippen LogP contribution in [0.4, 0.5) is 17.6 Å². The fourth-order valence-corrected chi connectivity index (χ4v) is 4.37. The van der Waals surface area contributed by atoms with E-state index >= 15 is 0 Å². The molecule has 0 saturated carbocycles. The van der Waals surface area contributed by atoms with Crippen molar-refractivity contribution in [2.45, 2.75) is 13.5 Å². The number of β-amino-alcohol motifs (C(OH)–C–C–N with tert-alkyl or cyclic N) is 1. The molecule has 35 heavy (non-hydrogen) atoms. The van der Waals surface area contributed by atoms with Crippen molar-refractivity contribution in [2.75, 3.05) is 49.5 Å². The highest BCUT2D eigenvalue weighted by atomic mass is 16.3. The molecule has 2 N–H and O–H groups in total. The lowest BCUT2D eigenvalue weighted by Gasteiger charge is -2.34. The zero-order valence-electron chi connectivity index (χ0n) is 19.5. The van der Waals surface area contributed by atoms with Crippen molar-refractivity contribution in [3.05, 3.63) is 71.0 Å². The number of piperazine rings is 1. The summed E-state index contributed by atoms with van der Waals surface area (Å²) in [6, 6.07) is 14.4. The van der Waals surface area contributed by atoms with Gasteiger partial charge in [-0.15, -0.1) is 0 Å². The zero-order valence-corrected chi connectivity index (χ0v) is 19.5. The minimum atomic E-state index is -0.266. The molecule has 2 aliphatic heterocycles. The summed E-state index contributed by atoms with van der Waals surface area (Å²) in [5, 5.41) is 12.4. The van der Waals surface area contributed by atoms with E-state index in [4.69, 9.17) is 5.11 Å². The van der Waals surface area contributed by atoms with Gasteiger partial charge in [0.2, 0.25) is 11.9 Å². The van der Waals surface area contributed by atoms with E-state index < -0.39 is 0 Å². The lowest BCUT2D eigenvalue weighted by molar-refractivity contribution is 0.0642. The quantitative estimate of drug-likeness (QED) is 0.496. The second-order valence-electron chi connectivity index (χ2n) is 8.62. The van der Waals surface area contributed by atoms with Crippen LogP contribution in [-0.2, 0) is 6.54 Å². The molecule has 0 aliphatic carbocycles. The smallest absolute Gasteiger partial charge is 0.261 e. The van der Waals surface area contributed by atoms with Gasteiger partial charge < -0.3 is 15.3 Å². The minimum absolute atomic E-state index is 0.163. The van der Waals surface area contributed by atoms with E-state index in [1.807, 2.05) is 31.2 Å². The number of aryl methyl sites for hydroxylation is 1. The number of hydrogen-bond acceptors (Lipinski definition) is 9. The van der Waals surface area contributed by atoms with Crippen molar-refractivity contribution in [2.24, 2.45) is 0 Å². The largest absolute Gasteiger partial charge is 0.395 e. The predicted octanol–water partition coefficient (Wildman–Crippen LogP) is 1.83. The Kier molecular flexibility index (Phi) is 6.39. The molecule has 3 heterocycles. The van der Waals surface area contributed by atoms with Crippen molar-refractivity contribution >= 4 is 29.4 Å². The molecule has 3 aromatic rings. The van der Waals surface area contributed by atoms with Gasteiger partial charge in [-0.05, 0) is 36.8 Å². The normalized spacial score (nSPS) is 16.1. The van der Waals surface area contributed by atoms with Crippen LogP contribution in [0.2, 0.25) is 0 Å². The van der Waals surface area contributed by atoms with Crippen molar-refractivity contribution in [3.8, 4) is 0 Å². The van der Waals surface area contributed by atoms with Crippen molar-refractivity contribution in [3.63, 3.8) is 0 Å². The number of anilines is 3. The molecule has 0 atom stereocenters. The van der Waals surface area contributed by atoms with E-state index in [1.54, 1.807) is 24.3 Å². The molecule has 2 aliphatic rings. The van der Waals surface area contributed by atoms with Crippen molar-refractivity contribution in [1.29, 1.82) is 0 Å². The first-order valence-electron chi connectivity index (χ1n) is 11.6. The molecular weight excluding hydrogens is 446 g/mol. The first-order valence-corrected chi connectivity index (χ1v) is 11.6. The molecule has 2 amide bonds. The van der Waals surface area contributed by atoms with Gasteiger partial charge in [0.1, 0.15) is 5.82 Å². The minimum Gasteiger partial charge on any atom is -0.395 e. The summed E-state index contributed by atoms with van der Waals surface area (Å²) < 4.78 is 0. The van der Waals surface area contributed by atoms with Crippen molar-refractivity contribution in [1.82, 2.24) is 24.8 Å². The van der Waals surface area contributed by atoms with Crippen LogP contribution in [0.15, 0.2) is 48.5 Å². The van der Waals surface area contributed by atoms with Gasteiger partial charge in [-0.3, -0.25) is 19.4 Å². The molecule has 0 radical (unpaired) electrons. The molecule has 1 saturated heterocycles. The second-order valence-corrected chi connectivity index (χ2v) is 8.62. The summed E-state index contributed by atoms with van der Waals surface area (Å²) in [6.07, 6.45) is 0. The van der Waals surface area contributed by atoms with Gasteiger partial charge in [0.05, 0.1) is 24.3 Å². The predicted molar refractivity (Wildman–Crippen MR) is 131 cm³/mol. The van der Waals surface area contributed by atoms with Gasteiger partial charge >= 0.3 is 0 Å². The van der Waals surface area contributed by atoms with Crippen LogP contribution in [0, 0.1) is 6.92 Å². The van der Waals surface area contributed by atoms with E-state index in [9.17, 15) is 9.59 Å². The molecule has 10 nitrogen and oxygen atoms in total. The van der Waals surface area contributed by atoms with E-state index in [-0.39, 0.29) is 25.0 Å². The van der Waals surface area contributed by atoms with Crippen LogP contribution in [-0.4, -0.2) is 81.0 Å². The second kappa shape index (κ2) is 9.77. The summed E-state index contributed by atoms with van der Waals surface area (Å²) in [7, 11) is 0. The summed E-state index contributed by atoms with van der Waals surface area (Å²) in [5.41, 5.74) is 2.54. The zero-order chi connectivity index (χ0) is 24.4. The Balaban J connectivity index is 1.24. The fourth-order valence-electron chi connectivity index (χ4n) is 4.37. The Hall–Kier alpha value is -3.89. The third-order valence-corrected chi connectivity index (χ3v) is 6.24. The third kappa shape index (κ3) is 4.84. The standard InChI is InChI=1S/C25H27N7O3/c1-17-26-24(29-25(27-17)31-12-10-30(11-13-31)14-15-33)28-19-8-6-18(7-9-19)16-32-22(34)20-4-2-3-5-21(20)23(32)35/h2-9,33H,10-16H2,1H3,(H,26,27,28,29). The first-order chi connectivity index (χ1) is 17.0. The molecular formula is C25H27N7O3. The highest BCUT2D eigenvalue weighted by Gasteiger charge is 2.34. The highest BCUT2D eigenvalue weighted by Crippen LogP contribution is 2.25. The average molecular weight is 474 g/mol. The molecule has 1 fully saturated rings. The molecule has 180 valence electrons. The number of imide groups is 1. The molecule has 0 bridgehead atoms. The Morgan fingerprint density at radius 3 is 2.17 bits per heavy atom. The number of aromatic nitrogens is 3. The number of amides is 2. The van der Waals surface area contributed by atoms with Gasteiger partial charge in [0.15, 0.2) is 0 Å². The number of benzene rings is 2. The maximum Gasteiger partial charge on any atom is 0.261 e. The van der Waals surface area contributed by atoms with Crippen LogP contribution in [0.25, 0.3) is 0 Å². The van der Waals surface area contributed by atoms with E-state index in [0.29, 0.717) is 35.4 Å². The first kappa shape index (κ1) is 22.9. The number of aliphatic hydroxyl groups is 1. The molecule has 10 heteroatoms. The van der Waals surface area contributed by atoms with Gasteiger partial charge in [0, 0.05) is 38.4 Å². The van der Waals surface area contributed by atoms with E-state index in [2.05, 4.69) is 30.1 Å². The summed E-state index contributed by atoms with van der Waals surface area (Å²) >= 11 is 0. The Labute approximate surface area is 203 Å². The number of nitrogens with zero attached hydrogens (tertiary/aromatic N) is 6. The van der Waals surface area contributed by atoms with Gasteiger partial charge in [-0.1, -0.05) is 24.3 Å². The van der Waals surface area contributed by atoms with Crippen LogP contribution in [0.1, 0.15) is 32.1 Å². The van der Waals surface area contributed by atoms with Gasteiger partial charge in [0.25, 0.3) is 11.8 Å². The topological polar surface area (TPSA) is 115 Å². The van der Waals surface area contributed by atoms with Crippen LogP contribution < -0.4 is 10.2 Å². The molecule has 2 aromatic carbocycles. The Morgan fingerprint density at radius 2 is 1.54 bits per heavy atom. The van der Waals surface area contributed by atoms with Crippen LogP contribution in [0.3, 0.4) is 0 Å². The number of carbonyl (C=O) groups excluding carboxylic acids is 2. The molecule has 1 aromatic heterocycles. The SMILES string of the molecule is Cc1nc(Nc2ccc(CN3C(=O)c4ccccc4C3=O)cc2)nc(N2CCN(CCO)CC2)n1. The molecule has 0 unspecified atom stereocenters. The molecule has 5 rings (SSSR count). The number of carbonyl (C=O) groups is 2.